The summed E-state index contributed by atoms with van der Waals surface area (Å²) in [5, 5.41) is 4.77. The van der Waals surface area contributed by atoms with E-state index in [0.717, 1.165) is 11.1 Å². The molecule has 1 aromatic carbocycles. The molecule has 0 radical (unpaired) electrons. The number of nitrogens with one attached hydrogen (secondary N) is 1. The van der Waals surface area contributed by atoms with E-state index in [4.69, 9.17) is 4.74 Å². The van der Waals surface area contributed by atoms with Gasteiger partial charge < -0.3 is 10.1 Å². The molecule has 1 N–H and O–H groups in total. The third-order valence-electron chi connectivity index (χ3n) is 2.64. The molecule has 2 rings (SSSR count). The molecule has 0 aliphatic carbocycles. The second-order valence-corrected chi connectivity index (χ2v) is 5.45. The largest absolute Gasteiger partial charge is 0.445 e. The van der Waals surface area contributed by atoms with E-state index in [1.165, 1.54) is 4.88 Å². The molecule has 2 aromatic rings. The zero-order valence-corrected chi connectivity index (χ0v) is 12.2. The highest BCUT2D eigenvalue weighted by atomic mass is 32.1. The van der Waals surface area contributed by atoms with Crippen LogP contribution >= 0.6 is 11.3 Å². The van der Waals surface area contributed by atoms with Crippen molar-refractivity contribution >= 4 is 23.5 Å². The van der Waals surface area contributed by atoms with Crippen molar-refractivity contribution in [2.75, 3.05) is 6.54 Å². The molecule has 1 aromatic heterocycles. The highest BCUT2D eigenvalue weighted by molar-refractivity contribution is 7.10. The van der Waals surface area contributed by atoms with Gasteiger partial charge in [-0.25, -0.2) is 4.79 Å². The predicted molar refractivity (Wildman–Crippen MR) is 82.7 cm³/mol. The first-order valence-corrected chi connectivity index (χ1v) is 7.28. The Morgan fingerprint density at radius 3 is 2.85 bits per heavy atom. The summed E-state index contributed by atoms with van der Waals surface area (Å²) in [4.78, 5) is 12.7. The molecule has 0 atom stereocenters. The molecule has 0 spiro atoms. The molecule has 3 nitrogen and oxygen atoms in total. The van der Waals surface area contributed by atoms with Crippen LogP contribution in [0.25, 0.3) is 6.08 Å². The zero-order chi connectivity index (χ0) is 14.2. The molecular weight excluding hydrogens is 270 g/mol. The van der Waals surface area contributed by atoms with E-state index in [1.54, 1.807) is 11.3 Å². The van der Waals surface area contributed by atoms with Crippen LogP contribution in [0.2, 0.25) is 0 Å². The molecular formula is C16H17NO2S. The molecule has 0 fully saturated rings. The van der Waals surface area contributed by atoms with E-state index < -0.39 is 6.09 Å². The predicted octanol–water partition coefficient (Wildman–Crippen LogP) is 4.00. The fourth-order valence-electron chi connectivity index (χ4n) is 1.66. The summed E-state index contributed by atoms with van der Waals surface area (Å²) >= 11 is 1.71. The Kier molecular flexibility index (Phi) is 5.38. The zero-order valence-electron chi connectivity index (χ0n) is 11.3. The maximum Gasteiger partial charge on any atom is 0.407 e. The van der Waals surface area contributed by atoms with E-state index in [2.05, 4.69) is 23.7 Å². The molecule has 20 heavy (non-hydrogen) atoms. The summed E-state index contributed by atoms with van der Waals surface area (Å²) in [6.45, 7) is 2.82. The van der Waals surface area contributed by atoms with Gasteiger partial charge in [0.15, 0.2) is 0 Å². The maximum atomic E-state index is 11.5. The number of alkyl carbamates (subject to hydrolysis) is 1. The van der Waals surface area contributed by atoms with Crippen molar-refractivity contribution in [2.24, 2.45) is 0 Å². The van der Waals surface area contributed by atoms with Gasteiger partial charge in [-0.05, 0) is 29.5 Å². The molecule has 0 saturated heterocycles. The Balaban J connectivity index is 1.66. The van der Waals surface area contributed by atoms with Gasteiger partial charge in [0.1, 0.15) is 6.61 Å². The minimum absolute atomic E-state index is 0.292. The summed E-state index contributed by atoms with van der Waals surface area (Å²) < 4.78 is 5.10. The molecule has 0 unspecified atom stereocenters. The van der Waals surface area contributed by atoms with Crippen molar-refractivity contribution in [3.63, 3.8) is 0 Å². The van der Waals surface area contributed by atoms with Gasteiger partial charge in [0.25, 0.3) is 0 Å². The topological polar surface area (TPSA) is 38.3 Å². The lowest BCUT2D eigenvalue weighted by Crippen LogP contribution is -2.24. The van der Waals surface area contributed by atoms with Crippen LogP contribution in [0, 0.1) is 6.92 Å². The summed E-state index contributed by atoms with van der Waals surface area (Å²) in [6, 6.07) is 11.7. The molecule has 4 heteroatoms. The Bertz CT molecular complexity index is 575. The van der Waals surface area contributed by atoms with Crippen molar-refractivity contribution in [1.82, 2.24) is 5.32 Å². The molecule has 0 bridgehead atoms. The average molecular weight is 287 g/mol. The van der Waals surface area contributed by atoms with E-state index >= 15 is 0 Å². The Labute approximate surface area is 122 Å². The van der Waals surface area contributed by atoms with E-state index in [0.29, 0.717) is 13.2 Å². The maximum absolute atomic E-state index is 11.5. The number of rotatable bonds is 5. The number of carbonyl (C=O) groups is 1. The average Bonchev–Trinajstić information content (AvgIpc) is 2.88. The first kappa shape index (κ1) is 14.3. The van der Waals surface area contributed by atoms with Gasteiger partial charge in [-0.3, -0.25) is 0 Å². The van der Waals surface area contributed by atoms with Crippen molar-refractivity contribution in [1.29, 1.82) is 0 Å². The standard InChI is InChI=1S/C16H17NO2S/c1-13-10-15(12-20-13)8-5-9-17-16(18)19-11-14-6-3-2-4-7-14/h2-8,10,12H,9,11H2,1H3,(H,17,18). The Hall–Kier alpha value is -2.07. The van der Waals surface area contributed by atoms with Crippen LogP contribution in [0.1, 0.15) is 16.0 Å². The number of benzene rings is 1. The second kappa shape index (κ2) is 7.50. The fraction of sp³-hybridized carbons (Fsp3) is 0.188. The summed E-state index contributed by atoms with van der Waals surface area (Å²) in [5.74, 6) is 0. The number of hydrogen-bond donors (Lipinski definition) is 1. The lowest BCUT2D eigenvalue weighted by molar-refractivity contribution is 0.141. The van der Waals surface area contributed by atoms with E-state index in [-0.39, 0.29) is 0 Å². The first-order valence-electron chi connectivity index (χ1n) is 6.40. The summed E-state index contributed by atoms with van der Waals surface area (Å²) in [6.07, 6.45) is 3.49. The molecule has 0 saturated carbocycles. The van der Waals surface area contributed by atoms with Gasteiger partial charge >= 0.3 is 6.09 Å². The van der Waals surface area contributed by atoms with Crippen LogP contribution in [0.3, 0.4) is 0 Å². The fourth-order valence-corrected chi connectivity index (χ4v) is 2.34. The van der Waals surface area contributed by atoms with Gasteiger partial charge in [0, 0.05) is 11.4 Å². The van der Waals surface area contributed by atoms with Crippen LogP contribution in [0.15, 0.2) is 47.9 Å². The highest BCUT2D eigenvalue weighted by Crippen LogP contribution is 2.13. The van der Waals surface area contributed by atoms with Crippen LogP contribution in [0.4, 0.5) is 4.79 Å². The van der Waals surface area contributed by atoms with Crippen LogP contribution in [0.5, 0.6) is 0 Å². The molecule has 0 aliphatic rings. The van der Waals surface area contributed by atoms with Gasteiger partial charge in [-0.1, -0.05) is 42.5 Å². The minimum Gasteiger partial charge on any atom is -0.445 e. The van der Waals surface area contributed by atoms with E-state index in [9.17, 15) is 4.79 Å². The number of carbonyl (C=O) groups excluding carboxylic acids is 1. The SMILES string of the molecule is Cc1cc(C=CCNC(=O)OCc2ccccc2)cs1. The van der Waals surface area contributed by atoms with Crippen molar-refractivity contribution < 1.29 is 9.53 Å². The van der Waals surface area contributed by atoms with Crippen LogP contribution < -0.4 is 5.32 Å². The Morgan fingerprint density at radius 2 is 2.15 bits per heavy atom. The van der Waals surface area contributed by atoms with Gasteiger partial charge in [-0.15, -0.1) is 11.3 Å². The van der Waals surface area contributed by atoms with Crippen molar-refractivity contribution in [3.8, 4) is 0 Å². The summed E-state index contributed by atoms with van der Waals surface area (Å²) in [7, 11) is 0. The second-order valence-electron chi connectivity index (χ2n) is 4.34. The van der Waals surface area contributed by atoms with Gasteiger partial charge in [0.05, 0.1) is 0 Å². The number of aryl methyl sites for hydroxylation is 1. The molecule has 1 heterocycles. The third-order valence-corrected chi connectivity index (χ3v) is 3.52. The normalized spacial score (nSPS) is 10.7. The number of thiophene rings is 1. The van der Waals surface area contributed by atoms with E-state index in [1.807, 2.05) is 42.5 Å². The van der Waals surface area contributed by atoms with Gasteiger partial charge in [0.2, 0.25) is 0 Å². The van der Waals surface area contributed by atoms with Gasteiger partial charge in [-0.2, -0.15) is 0 Å². The lowest BCUT2D eigenvalue weighted by atomic mass is 10.2. The van der Waals surface area contributed by atoms with Crippen LogP contribution in [-0.4, -0.2) is 12.6 Å². The summed E-state index contributed by atoms with van der Waals surface area (Å²) in [5.41, 5.74) is 2.14. The number of amides is 1. The first-order chi connectivity index (χ1) is 9.74. The molecule has 1 amide bonds. The number of hydrogen-bond acceptors (Lipinski definition) is 3. The smallest absolute Gasteiger partial charge is 0.407 e. The van der Waals surface area contributed by atoms with Crippen molar-refractivity contribution in [2.45, 2.75) is 13.5 Å². The molecule has 0 aliphatic heterocycles. The third kappa shape index (κ3) is 4.90. The Morgan fingerprint density at radius 1 is 1.35 bits per heavy atom. The quantitative estimate of drug-likeness (QED) is 0.902. The lowest BCUT2D eigenvalue weighted by Gasteiger charge is -2.05. The minimum atomic E-state index is -0.403. The number of ether oxygens (including phenoxy) is 1. The highest BCUT2D eigenvalue weighted by Gasteiger charge is 2.00. The van der Waals surface area contributed by atoms with Crippen LogP contribution in [-0.2, 0) is 11.3 Å². The van der Waals surface area contributed by atoms with Crippen molar-refractivity contribution in [3.05, 3.63) is 63.9 Å². The molecule has 104 valence electrons. The monoisotopic (exact) mass is 287 g/mol.